The first-order valence-electron chi connectivity index (χ1n) is 16.4. The molecule has 4 heterocycles. The third kappa shape index (κ3) is 6.41. The average Bonchev–Trinajstić information content (AvgIpc) is 3.50. The Morgan fingerprint density at radius 1 is 0.804 bits per heavy atom. The Kier molecular flexibility index (Phi) is 8.56. The summed E-state index contributed by atoms with van der Waals surface area (Å²) in [6.07, 6.45) is 5.08. The van der Waals surface area contributed by atoms with Crippen LogP contribution < -0.4 is 5.56 Å². The Hall–Kier alpha value is -4.53. The van der Waals surface area contributed by atoms with Gasteiger partial charge in [0, 0.05) is 50.8 Å². The first-order valence-corrected chi connectivity index (χ1v) is 16.4. The molecule has 1 amide bonds. The van der Waals surface area contributed by atoms with Crippen molar-refractivity contribution in [1.82, 2.24) is 23.9 Å². The summed E-state index contributed by atoms with van der Waals surface area (Å²) in [5.41, 5.74) is 3.02. The molecule has 0 bridgehead atoms. The number of carbonyl (C=O) groups is 1. The Balaban J connectivity index is 1.01. The van der Waals surface area contributed by atoms with Crippen molar-refractivity contribution in [2.24, 2.45) is 5.92 Å². The standard InChI is InChI=1S/C38H41N5O3/c44-36(32-16-20-40(24-29-10-4-1-5-11-29)26-34(32)31-14-8-3-9-15-31)41-22-18-38(46,19-23-41)27-43-28-39-35-33(37(43)45)17-21-42(35)25-30-12-6-2-7-13-30/h1-15,17,21,28,32,34,46H,16,18-20,22-27H2. The Morgan fingerprint density at radius 2 is 1.43 bits per heavy atom. The fraction of sp³-hybridized carbons (Fsp3) is 0.342. The highest BCUT2D eigenvalue weighted by atomic mass is 16.3. The van der Waals surface area contributed by atoms with Gasteiger partial charge in [0.25, 0.3) is 5.56 Å². The lowest BCUT2D eigenvalue weighted by Crippen LogP contribution is -2.53. The number of aliphatic hydroxyl groups is 1. The molecule has 2 unspecified atom stereocenters. The van der Waals surface area contributed by atoms with Gasteiger partial charge in [0.15, 0.2) is 0 Å². The maximum Gasteiger partial charge on any atom is 0.262 e. The summed E-state index contributed by atoms with van der Waals surface area (Å²) in [4.78, 5) is 36.5. The summed E-state index contributed by atoms with van der Waals surface area (Å²) < 4.78 is 3.50. The molecule has 7 rings (SSSR count). The van der Waals surface area contributed by atoms with Crippen LogP contribution in [0.25, 0.3) is 11.0 Å². The van der Waals surface area contributed by atoms with Gasteiger partial charge < -0.3 is 14.6 Å². The molecule has 0 spiro atoms. The lowest BCUT2D eigenvalue weighted by Gasteiger charge is -2.43. The van der Waals surface area contributed by atoms with E-state index in [-0.39, 0.29) is 29.8 Å². The first-order chi connectivity index (χ1) is 22.5. The number of piperidine rings is 2. The number of hydrogen-bond donors (Lipinski definition) is 1. The second kappa shape index (κ2) is 13.1. The molecule has 8 heteroatoms. The topological polar surface area (TPSA) is 83.6 Å². The summed E-state index contributed by atoms with van der Waals surface area (Å²) >= 11 is 0. The van der Waals surface area contributed by atoms with Gasteiger partial charge in [-0.3, -0.25) is 19.1 Å². The van der Waals surface area contributed by atoms with E-state index in [1.54, 1.807) is 6.33 Å². The maximum atomic E-state index is 14.1. The van der Waals surface area contributed by atoms with Crippen LogP contribution >= 0.6 is 0 Å². The van der Waals surface area contributed by atoms with E-state index in [4.69, 9.17) is 0 Å². The molecule has 1 N–H and O–H groups in total. The fourth-order valence-electron chi connectivity index (χ4n) is 7.32. The quantitative estimate of drug-likeness (QED) is 0.268. The van der Waals surface area contributed by atoms with Crippen LogP contribution in [-0.2, 0) is 24.4 Å². The molecule has 236 valence electrons. The third-order valence-corrected chi connectivity index (χ3v) is 9.90. The van der Waals surface area contributed by atoms with Crippen molar-refractivity contribution in [2.45, 2.75) is 50.4 Å². The smallest absolute Gasteiger partial charge is 0.262 e. The Labute approximate surface area is 269 Å². The minimum absolute atomic E-state index is 0.102. The van der Waals surface area contributed by atoms with Crippen molar-refractivity contribution in [1.29, 1.82) is 0 Å². The van der Waals surface area contributed by atoms with Crippen molar-refractivity contribution < 1.29 is 9.90 Å². The van der Waals surface area contributed by atoms with Crippen LogP contribution in [0.5, 0.6) is 0 Å². The lowest BCUT2D eigenvalue weighted by atomic mass is 9.79. The molecule has 5 aromatic rings. The summed E-state index contributed by atoms with van der Waals surface area (Å²) in [7, 11) is 0. The van der Waals surface area contributed by atoms with Gasteiger partial charge >= 0.3 is 0 Å². The van der Waals surface area contributed by atoms with E-state index in [0.29, 0.717) is 43.5 Å². The van der Waals surface area contributed by atoms with E-state index in [9.17, 15) is 14.7 Å². The second-order valence-electron chi connectivity index (χ2n) is 13.0. The Morgan fingerprint density at radius 3 is 2.11 bits per heavy atom. The molecule has 3 aromatic carbocycles. The van der Waals surface area contributed by atoms with Gasteiger partial charge in [-0.2, -0.15) is 0 Å². The summed E-state index contributed by atoms with van der Waals surface area (Å²) in [6, 6.07) is 32.8. The number of hydrogen-bond acceptors (Lipinski definition) is 5. The van der Waals surface area contributed by atoms with Crippen LogP contribution in [0.2, 0.25) is 0 Å². The number of rotatable bonds is 8. The number of carbonyl (C=O) groups excluding carboxylic acids is 1. The molecule has 0 radical (unpaired) electrons. The molecule has 2 aliphatic rings. The molecular weight excluding hydrogens is 574 g/mol. The normalized spacial score (nSPS) is 20.2. The number of aromatic nitrogens is 3. The molecular formula is C38H41N5O3. The molecule has 2 aromatic heterocycles. The van der Waals surface area contributed by atoms with Crippen molar-refractivity contribution in [3.63, 3.8) is 0 Å². The molecule has 46 heavy (non-hydrogen) atoms. The summed E-state index contributed by atoms with van der Waals surface area (Å²) in [5, 5.41) is 12.1. The number of fused-ring (bicyclic) bond motifs is 1. The zero-order chi connectivity index (χ0) is 31.5. The van der Waals surface area contributed by atoms with Gasteiger partial charge in [-0.1, -0.05) is 91.0 Å². The van der Waals surface area contributed by atoms with Gasteiger partial charge in [-0.25, -0.2) is 4.98 Å². The predicted molar refractivity (Wildman–Crippen MR) is 179 cm³/mol. The van der Waals surface area contributed by atoms with Crippen LogP contribution in [0.1, 0.15) is 41.9 Å². The molecule has 2 saturated heterocycles. The van der Waals surface area contributed by atoms with E-state index in [2.05, 4.69) is 70.5 Å². The van der Waals surface area contributed by atoms with Crippen molar-refractivity contribution >= 4 is 16.9 Å². The molecule has 8 nitrogen and oxygen atoms in total. The number of benzene rings is 3. The van der Waals surface area contributed by atoms with Crippen LogP contribution in [0.15, 0.2) is 114 Å². The van der Waals surface area contributed by atoms with E-state index >= 15 is 0 Å². The average molecular weight is 616 g/mol. The highest BCUT2D eigenvalue weighted by Crippen LogP contribution is 2.36. The zero-order valence-electron chi connectivity index (χ0n) is 26.1. The summed E-state index contributed by atoms with van der Waals surface area (Å²) in [6.45, 7) is 4.31. The van der Waals surface area contributed by atoms with E-state index in [0.717, 1.165) is 31.6 Å². The van der Waals surface area contributed by atoms with E-state index < -0.39 is 5.60 Å². The summed E-state index contributed by atoms with van der Waals surface area (Å²) in [5.74, 6) is 0.183. The molecule has 2 fully saturated rings. The minimum atomic E-state index is -1.08. The third-order valence-electron chi connectivity index (χ3n) is 9.90. The van der Waals surface area contributed by atoms with Crippen LogP contribution in [-0.4, -0.2) is 66.7 Å². The van der Waals surface area contributed by atoms with Crippen molar-refractivity contribution in [3.05, 3.63) is 137 Å². The van der Waals surface area contributed by atoms with Gasteiger partial charge in [0.1, 0.15) is 12.0 Å². The van der Waals surface area contributed by atoms with Gasteiger partial charge in [-0.05, 0) is 48.6 Å². The predicted octanol–water partition coefficient (Wildman–Crippen LogP) is 4.91. The van der Waals surface area contributed by atoms with Gasteiger partial charge in [-0.15, -0.1) is 0 Å². The van der Waals surface area contributed by atoms with Crippen LogP contribution in [0, 0.1) is 5.92 Å². The molecule has 2 atom stereocenters. The number of nitrogens with zero attached hydrogens (tertiary/aromatic N) is 5. The second-order valence-corrected chi connectivity index (χ2v) is 13.0. The monoisotopic (exact) mass is 615 g/mol. The molecule has 2 aliphatic heterocycles. The molecule has 0 saturated carbocycles. The number of amides is 1. The highest BCUT2D eigenvalue weighted by Gasteiger charge is 2.40. The Bertz CT molecular complexity index is 1830. The minimum Gasteiger partial charge on any atom is -0.388 e. The zero-order valence-corrected chi connectivity index (χ0v) is 26.1. The van der Waals surface area contributed by atoms with E-state index in [1.165, 1.54) is 15.7 Å². The molecule has 0 aliphatic carbocycles. The lowest BCUT2D eigenvalue weighted by molar-refractivity contribution is -0.142. The highest BCUT2D eigenvalue weighted by molar-refractivity contribution is 5.80. The van der Waals surface area contributed by atoms with Gasteiger partial charge in [0.05, 0.1) is 17.5 Å². The largest absolute Gasteiger partial charge is 0.388 e. The van der Waals surface area contributed by atoms with Crippen LogP contribution in [0.3, 0.4) is 0 Å². The van der Waals surface area contributed by atoms with Crippen LogP contribution in [0.4, 0.5) is 0 Å². The van der Waals surface area contributed by atoms with Crippen molar-refractivity contribution in [3.8, 4) is 0 Å². The van der Waals surface area contributed by atoms with Gasteiger partial charge in [0.2, 0.25) is 5.91 Å². The fourth-order valence-corrected chi connectivity index (χ4v) is 7.32. The SMILES string of the molecule is O=C(C1CCN(Cc2ccccc2)CC1c1ccccc1)N1CCC(O)(Cn2cnc3c(ccn3Cc3ccccc3)c2=O)CC1. The van der Waals surface area contributed by atoms with Crippen molar-refractivity contribution in [2.75, 3.05) is 26.2 Å². The first kappa shape index (κ1) is 30.1. The van der Waals surface area contributed by atoms with E-state index in [1.807, 2.05) is 52.1 Å². The maximum absolute atomic E-state index is 14.1. The number of likely N-dealkylation sites (tertiary alicyclic amines) is 2.